The van der Waals surface area contributed by atoms with Crippen LogP contribution in [0.3, 0.4) is 0 Å². The molecule has 1 N–H and O–H groups in total. The average molecular weight is 446 g/mol. The van der Waals surface area contributed by atoms with Crippen LogP contribution in [0.2, 0.25) is 0 Å². The predicted molar refractivity (Wildman–Crippen MR) is 119 cm³/mol. The number of hydrogen-bond acceptors (Lipinski definition) is 6. The zero-order chi connectivity index (χ0) is 22.9. The number of methoxy groups -OCH3 is 1. The van der Waals surface area contributed by atoms with Crippen molar-refractivity contribution >= 4 is 17.8 Å². The van der Waals surface area contributed by atoms with Crippen molar-refractivity contribution < 1.29 is 23.0 Å². The van der Waals surface area contributed by atoms with Gasteiger partial charge in [0.2, 0.25) is 5.91 Å². The van der Waals surface area contributed by atoms with E-state index >= 15 is 0 Å². The lowest BCUT2D eigenvalue weighted by Crippen LogP contribution is -2.46. The van der Waals surface area contributed by atoms with E-state index in [0.717, 1.165) is 44.1 Å². The highest BCUT2D eigenvalue weighted by Gasteiger charge is 2.16. The van der Waals surface area contributed by atoms with Gasteiger partial charge >= 0.3 is 6.61 Å². The number of likely N-dealkylation sites (N-methyl/N-ethyl adjacent to an activating group) is 1. The molecule has 0 unspecified atom stereocenters. The van der Waals surface area contributed by atoms with E-state index in [2.05, 4.69) is 31.8 Å². The summed E-state index contributed by atoms with van der Waals surface area (Å²) >= 11 is 0. The van der Waals surface area contributed by atoms with Crippen LogP contribution in [0.1, 0.15) is 18.1 Å². The molecule has 7 nitrogen and oxygen atoms in total. The molecule has 1 aromatic carbocycles. The molecule has 3 rings (SSSR count). The Balaban J connectivity index is 1.50. The van der Waals surface area contributed by atoms with Crippen molar-refractivity contribution in [2.45, 2.75) is 20.1 Å². The number of benzene rings is 1. The minimum absolute atomic E-state index is 0.0627. The molecule has 32 heavy (non-hydrogen) atoms. The van der Waals surface area contributed by atoms with E-state index in [4.69, 9.17) is 4.74 Å². The molecule has 1 aliphatic rings. The van der Waals surface area contributed by atoms with Gasteiger partial charge in [-0.3, -0.25) is 4.79 Å². The zero-order valence-electron chi connectivity index (χ0n) is 18.3. The topological polar surface area (TPSA) is 66.9 Å². The fraction of sp³-hybridized carbons (Fsp3) is 0.391. The first-order valence-corrected chi connectivity index (χ1v) is 10.5. The van der Waals surface area contributed by atoms with Crippen LogP contribution in [0.15, 0.2) is 42.6 Å². The molecule has 2 aromatic rings. The fourth-order valence-electron chi connectivity index (χ4n) is 3.40. The summed E-state index contributed by atoms with van der Waals surface area (Å²) in [5.41, 5.74) is 1.52. The highest BCUT2D eigenvalue weighted by atomic mass is 19.3. The van der Waals surface area contributed by atoms with Crippen molar-refractivity contribution in [2.75, 3.05) is 44.7 Å². The molecule has 2 heterocycles. The molecule has 1 aromatic heterocycles. The van der Waals surface area contributed by atoms with E-state index < -0.39 is 6.61 Å². The second-order valence-electron chi connectivity index (χ2n) is 7.29. The number of piperazine rings is 1. The van der Waals surface area contributed by atoms with Crippen molar-refractivity contribution in [3.63, 3.8) is 0 Å². The number of nitrogens with zero attached hydrogens (tertiary/aromatic N) is 3. The maximum atomic E-state index is 12.4. The van der Waals surface area contributed by atoms with E-state index in [1.165, 1.54) is 25.3 Å². The highest BCUT2D eigenvalue weighted by Crippen LogP contribution is 2.29. The number of ether oxygens (including phenoxy) is 2. The molecule has 1 aliphatic heterocycles. The second-order valence-corrected chi connectivity index (χ2v) is 7.29. The summed E-state index contributed by atoms with van der Waals surface area (Å²) in [5, 5.41) is 2.81. The smallest absolute Gasteiger partial charge is 0.387 e. The van der Waals surface area contributed by atoms with Gasteiger partial charge < -0.3 is 24.6 Å². The molecule has 0 aliphatic carbocycles. The minimum Gasteiger partial charge on any atom is -0.493 e. The van der Waals surface area contributed by atoms with Crippen LogP contribution in [0.4, 0.5) is 14.6 Å². The largest absolute Gasteiger partial charge is 0.493 e. The van der Waals surface area contributed by atoms with E-state index in [0.29, 0.717) is 12.1 Å². The maximum Gasteiger partial charge on any atom is 0.387 e. The van der Waals surface area contributed by atoms with Crippen molar-refractivity contribution in [1.29, 1.82) is 0 Å². The summed E-state index contributed by atoms with van der Waals surface area (Å²) in [6, 6.07) is 8.40. The summed E-state index contributed by atoms with van der Waals surface area (Å²) in [6.45, 7) is 4.65. The molecule has 1 saturated heterocycles. The Hall–Kier alpha value is -3.20. The molecule has 172 valence electrons. The van der Waals surface area contributed by atoms with Gasteiger partial charge in [-0.2, -0.15) is 8.78 Å². The van der Waals surface area contributed by atoms with Crippen molar-refractivity contribution in [3.05, 3.63) is 53.7 Å². The standard InChI is InChI=1S/C23H28F2N4O3/c1-3-28-10-12-29(13-11-28)21-8-5-18(15-26-21)16-27-22(30)9-6-17-4-7-19(32-23(24)25)20(14-17)31-2/h4-9,14-15,23H,3,10-13,16H2,1-2H3,(H,27,30)/b9-6+. The first-order chi connectivity index (χ1) is 15.5. The highest BCUT2D eigenvalue weighted by molar-refractivity contribution is 5.91. The summed E-state index contributed by atoms with van der Waals surface area (Å²) in [6.07, 6.45) is 4.72. The molecule has 0 saturated carbocycles. The number of carbonyl (C=O) groups excluding carboxylic acids is 1. The average Bonchev–Trinajstić information content (AvgIpc) is 2.82. The molecule has 1 amide bonds. The lowest BCUT2D eigenvalue weighted by Gasteiger charge is -2.34. The Bertz CT molecular complexity index is 914. The van der Waals surface area contributed by atoms with E-state index in [1.807, 2.05) is 12.1 Å². The normalized spacial score (nSPS) is 14.7. The lowest BCUT2D eigenvalue weighted by molar-refractivity contribution is -0.116. The Morgan fingerprint density at radius 3 is 2.59 bits per heavy atom. The van der Waals surface area contributed by atoms with Crippen LogP contribution in [0, 0.1) is 0 Å². The lowest BCUT2D eigenvalue weighted by atomic mass is 10.2. The van der Waals surface area contributed by atoms with Crippen LogP contribution in [0.25, 0.3) is 6.08 Å². The van der Waals surface area contributed by atoms with Crippen LogP contribution in [-0.2, 0) is 11.3 Å². The van der Waals surface area contributed by atoms with Crippen LogP contribution < -0.4 is 19.7 Å². The second kappa shape index (κ2) is 11.4. The number of amides is 1. The van der Waals surface area contributed by atoms with Gasteiger partial charge in [-0.1, -0.05) is 19.1 Å². The number of hydrogen-bond donors (Lipinski definition) is 1. The fourth-order valence-corrected chi connectivity index (χ4v) is 3.40. The van der Waals surface area contributed by atoms with Crippen LogP contribution in [0.5, 0.6) is 11.5 Å². The Kier molecular flexibility index (Phi) is 8.38. The van der Waals surface area contributed by atoms with Gasteiger partial charge in [0.15, 0.2) is 11.5 Å². The third-order valence-electron chi connectivity index (χ3n) is 5.25. The Labute approximate surface area is 186 Å². The monoisotopic (exact) mass is 446 g/mol. The van der Waals surface area contributed by atoms with Crippen molar-refractivity contribution in [2.24, 2.45) is 0 Å². The van der Waals surface area contributed by atoms with Crippen molar-refractivity contribution in [3.8, 4) is 11.5 Å². The zero-order valence-corrected chi connectivity index (χ0v) is 18.3. The molecular formula is C23H28F2N4O3. The molecule has 9 heteroatoms. The maximum absolute atomic E-state index is 12.4. The van der Waals surface area contributed by atoms with Crippen molar-refractivity contribution in [1.82, 2.24) is 15.2 Å². The first kappa shape index (κ1) is 23.5. The number of anilines is 1. The molecule has 0 spiro atoms. The van der Waals surface area contributed by atoms with E-state index in [1.54, 1.807) is 18.3 Å². The summed E-state index contributed by atoms with van der Waals surface area (Å²) in [7, 11) is 1.36. The molecule has 0 radical (unpaired) electrons. The van der Waals surface area contributed by atoms with Crippen LogP contribution >= 0.6 is 0 Å². The number of carbonyl (C=O) groups is 1. The first-order valence-electron chi connectivity index (χ1n) is 10.5. The number of halogens is 2. The molecule has 0 bridgehead atoms. The van der Waals surface area contributed by atoms with Gasteiger partial charge in [-0.05, 0) is 41.9 Å². The van der Waals surface area contributed by atoms with Gasteiger partial charge in [-0.25, -0.2) is 4.98 Å². The molecule has 0 atom stereocenters. The molecular weight excluding hydrogens is 418 g/mol. The van der Waals surface area contributed by atoms with Gasteiger partial charge in [0.25, 0.3) is 0 Å². The minimum atomic E-state index is -2.94. The number of pyridine rings is 1. The van der Waals surface area contributed by atoms with Gasteiger partial charge in [0.1, 0.15) is 5.82 Å². The Morgan fingerprint density at radius 1 is 1.19 bits per heavy atom. The van der Waals surface area contributed by atoms with Gasteiger partial charge in [0.05, 0.1) is 7.11 Å². The SMILES string of the molecule is CCN1CCN(c2ccc(CNC(=O)/C=C/c3ccc(OC(F)F)c(OC)c3)cn2)CC1. The summed E-state index contributed by atoms with van der Waals surface area (Å²) < 4.78 is 34.3. The summed E-state index contributed by atoms with van der Waals surface area (Å²) in [4.78, 5) is 21.4. The number of rotatable bonds is 9. The van der Waals surface area contributed by atoms with Gasteiger partial charge in [0, 0.05) is 45.0 Å². The number of nitrogens with one attached hydrogen (secondary N) is 1. The number of aromatic nitrogens is 1. The third-order valence-corrected chi connectivity index (χ3v) is 5.25. The van der Waals surface area contributed by atoms with E-state index in [9.17, 15) is 13.6 Å². The predicted octanol–water partition coefficient (Wildman–Crippen LogP) is 3.16. The third kappa shape index (κ3) is 6.65. The van der Waals surface area contributed by atoms with E-state index in [-0.39, 0.29) is 17.4 Å². The Morgan fingerprint density at radius 2 is 1.97 bits per heavy atom. The molecule has 1 fully saturated rings. The van der Waals surface area contributed by atoms with Crippen LogP contribution in [-0.4, -0.2) is 62.2 Å². The van der Waals surface area contributed by atoms with Gasteiger partial charge in [-0.15, -0.1) is 0 Å². The summed E-state index contributed by atoms with van der Waals surface area (Å²) in [5.74, 6) is 0.767. The quantitative estimate of drug-likeness (QED) is 0.597. The number of alkyl halides is 2.